The number of methoxy groups -OCH3 is 5. The number of carbonyl (C=O) groups is 3. The highest BCUT2D eigenvalue weighted by atomic mass is 16.6. The van der Waals surface area contributed by atoms with Gasteiger partial charge in [-0.2, -0.15) is 0 Å². The molecule has 1 heterocycles. The number of ether oxygens (including phenoxy) is 9. The topological polar surface area (TPSA) is 153 Å². The van der Waals surface area contributed by atoms with E-state index in [1.807, 2.05) is 20.8 Å². The fraction of sp³-hybridized carbons (Fsp3) is 0.643. The van der Waals surface area contributed by atoms with Gasteiger partial charge in [-0.25, -0.2) is 14.4 Å². The highest BCUT2D eigenvalue weighted by Gasteiger charge is 2.25. The van der Waals surface area contributed by atoms with Crippen molar-refractivity contribution < 1.29 is 57.0 Å². The number of benzene rings is 2. The molecule has 1 fully saturated rings. The number of amides is 1. The minimum Gasteiger partial charge on any atom is -0.493 e. The monoisotopic (exact) mass is 803 g/mol. The van der Waals surface area contributed by atoms with Crippen molar-refractivity contribution in [1.29, 1.82) is 0 Å². The number of hydrogen-bond acceptors (Lipinski definition) is 14. The van der Waals surface area contributed by atoms with Gasteiger partial charge in [-0.15, -0.1) is 0 Å². The summed E-state index contributed by atoms with van der Waals surface area (Å²) in [7, 11) is 7.48. The molecule has 0 spiro atoms. The zero-order valence-corrected chi connectivity index (χ0v) is 35.9. The second-order valence-corrected chi connectivity index (χ2v) is 15.8. The number of nitrogens with one attached hydrogen (secondary N) is 1. The first-order valence-electron chi connectivity index (χ1n) is 19.6. The molecule has 3 rings (SSSR count). The Kier molecular flexibility index (Phi) is 18.3. The van der Waals surface area contributed by atoms with Gasteiger partial charge in [-0.05, 0) is 118 Å². The van der Waals surface area contributed by atoms with Crippen molar-refractivity contribution in [3.63, 3.8) is 0 Å². The molecule has 1 amide bonds. The Bertz CT molecular complexity index is 1580. The van der Waals surface area contributed by atoms with Crippen molar-refractivity contribution in [2.45, 2.75) is 91.0 Å². The largest absolute Gasteiger partial charge is 0.493 e. The first-order valence-corrected chi connectivity index (χ1v) is 19.6. The molecule has 15 heteroatoms. The Morgan fingerprint density at radius 2 is 1.14 bits per heavy atom. The van der Waals surface area contributed by atoms with Gasteiger partial charge in [0, 0.05) is 26.2 Å². The fourth-order valence-corrected chi connectivity index (χ4v) is 6.27. The summed E-state index contributed by atoms with van der Waals surface area (Å²) in [5.74, 6) is 1.06. The zero-order chi connectivity index (χ0) is 42.2. The molecule has 0 radical (unpaired) electrons. The minimum absolute atomic E-state index is 0.247. The van der Waals surface area contributed by atoms with Crippen LogP contribution in [0.3, 0.4) is 0 Å². The summed E-state index contributed by atoms with van der Waals surface area (Å²) in [6.45, 7) is 17.0. The molecule has 57 heavy (non-hydrogen) atoms. The maximum Gasteiger partial charge on any atom is 0.407 e. The van der Waals surface area contributed by atoms with E-state index in [1.54, 1.807) is 45.0 Å². The third kappa shape index (κ3) is 15.7. The van der Waals surface area contributed by atoms with E-state index in [0.717, 1.165) is 52.1 Å². The van der Waals surface area contributed by atoms with E-state index in [1.165, 1.54) is 35.5 Å². The molecule has 0 bridgehead atoms. The lowest BCUT2D eigenvalue weighted by Gasteiger charge is -2.25. The van der Waals surface area contributed by atoms with Gasteiger partial charge in [0.1, 0.15) is 17.3 Å². The van der Waals surface area contributed by atoms with Gasteiger partial charge in [-0.1, -0.05) is 0 Å². The first kappa shape index (κ1) is 46.8. The molecule has 0 aromatic heterocycles. The smallest absolute Gasteiger partial charge is 0.407 e. The van der Waals surface area contributed by atoms with E-state index in [0.29, 0.717) is 60.3 Å². The molecule has 1 atom stereocenters. The second kappa shape index (κ2) is 22.3. The number of alkyl carbamates (subject to hydrolysis) is 1. The number of nitrogens with zero attached hydrogens (tertiary/aromatic N) is 2. The molecule has 0 aliphatic carbocycles. The van der Waals surface area contributed by atoms with Crippen LogP contribution in [-0.4, -0.2) is 133 Å². The minimum atomic E-state index is -0.686. The molecule has 0 unspecified atom stereocenters. The van der Waals surface area contributed by atoms with Crippen molar-refractivity contribution in [2.75, 3.05) is 88.0 Å². The summed E-state index contributed by atoms with van der Waals surface area (Å²) in [5.41, 5.74) is -0.675. The van der Waals surface area contributed by atoms with Gasteiger partial charge < -0.3 is 57.7 Å². The molecule has 320 valence electrons. The average molecular weight is 804 g/mol. The zero-order valence-electron chi connectivity index (χ0n) is 35.9. The van der Waals surface area contributed by atoms with Gasteiger partial charge in [0.2, 0.25) is 11.5 Å². The van der Waals surface area contributed by atoms with E-state index >= 15 is 0 Å². The second-order valence-electron chi connectivity index (χ2n) is 15.8. The maximum absolute atomic E-state index is 13.7. The molecule has 2 aromatic carbocycles. The Labute approximate surface area is 338 Å². The van der Waals surface area contributed by atoms with E-state index in [9.17, 15) is 14.4 Å². The lowest BCUT2D eigenvalue weighted by Crippen LogP contribution is -2.36. The summed E-state index contributed by atoms with van der Waals surface area (Å²) in [6.07, 6.45) is 2.61. The van der Waals surface area contributed by atoms with E-state index < -0.39 is 35.3 Å². The average Bonchev–Trinajstić information content (AvgIpc) is 3.39. The predicted octanol–water partition coefficient (Wildman–Crippen LogP) is 6.38. The third-order valence-electron chi connectivity index (χ3n) is 8.95. The van der Waals surface area contributed by atoms with Gasteiger partial charge in [0.15, 0.2) is 23.0 Å². The maximum atomic E-state index is 13.7. The van der Waals surface area contributed by atoms with Crippen molar-refractivity contribution in [2.24, 2.45) is 0 Å². The van der Waals surface area contributed by atoms with Crippen LogP contribution in [0.5, 0.6) is 34.5 Å². The Hall–Kier alpha value is -4.63. The SMILES string of the molecule is COc1cc(C(=O)O[C@H](CCCOc2cc(C(=O)OC(C)(C)C)cc(OC)c2OC)CCN2CCCN(CCCNC(=O)OC(C)(C)C)CC2)cc(OC)c1OC. The Morgan fingerprint density at radius 1 is 0.632 bits per heavy atom. The normalized spacial score (nSPS) is 14.4. The van der Waals surface area contributed by atoms with Crippen LogP contribution in [0, 0.1) is 0 Å². The molecular weight excluding hydrogens is 738 g/mol. The van der Waals surface area contributed by atoms with Crippen LogP contribution in [0.1, 0.15) is 94.4 Å². The summed E-state index contributed by atoms with van der Waals surface area (Å²) < 4.78 is 50.7. The number of carbonyl (C=O) groups excluding carboxylic acids is 3. The van der Waals surface area contributed by atoms with Crippen LogP contribution >= 0.6 is 0 Å². The molecule has 1 saturated heterocycles. The van der Waals surface area contributed by atoms with Crippen LogP contribution in [0.25, 0.3) is 0 Å². The molecular formula is C42H65N3O12. The van der Waals surface area contributed by atoms with Crippen LogP contribution in [0.4, 0.5) is 4.79 Å². The van der Waals surface area contributed by atoms with Crippen LogP contribution < -0.4 is 33.7 Å². The van der Waals surface area contributed by atoms with Crippen molar-refractivity contribution in [3.05, 3.63) is 35.4 Å². The quantitative estimate of drug-likeness (QED) is 0.0895. The molecule has 1 aliphatic heterocycles. The molecule has 1 N–H and O–H groups in total. The van der Waals surface area contributed by atoms with E-state index in [4.69, 9.17) is 42.6 Å². The summed E-state index contributed by atoms with van der Waals surface area (Å²) in [4.78, 5) is 43.4. The van der Waals surface area contributed by atoms with Crippen molar-refractivity contribution in [1.82, 2.24) is 15.1 Å². The lowest BCUT2D eigenvalue weighted by molar-refractivity contribution is 0.00678. The summed E-state index contributed by atoms with van der Waals surface area (Å²) in [5, 5.41) is 2.84. The van der Waals surface area contributed by atoms with Gasteiger partial charge in [0.05, 0.1) is 53.3 Å². The standard InChI is InChI=1S/C42H65N3O12/c1-41(2,3)56-39(47)30-27-34(51-9)37(53-11)35(28-30)54-24-12-15-31(55-38(46)29-25-32(49-7)36(52-10)33(26-29)50-8)16-21-45-20-14-19-44(22-23-45)18-13-17-43-40(48)57-42(4,5)6/h25-28,31H,12-24H2,1-11H3,(H,43,48)/t31-/m1/s1. The molecule has 0 saturated carbocycles. The number of rotatable bonds is 20. The van der Waals surface area contributed by atoms with Crippen molar-refractivity contribution in [3.8, 4) is 34.5 Å². The van der Waals surface area contributed by atoms with Gasteiger partial charge in [0.25, 0.3) is 0 Å². The van der Waals surface area contributed by atoms with E-state index in [-0.39, 0.29) is 17.7 Å². The molecule has 2 aromatic rings. The van der Waals surface area contributed by atoms with Gasteiger partial charge in [-0.3, -0.25) is 0 Å². The molecule has 15 nitrogen and oxygen atoms in total. The van der Waals surface area contributed by atoms with Crippen LogP contribution in [0.2, 0.25) is 0 Å². The van der Waals surface area contributed by atoms with Crippen LogP contribution in [-0.2, 0) is 14.2 Å². The van der Waals surface area contributed by atoms with E-state index in [2.05, 4.69) is 15.1 Å². The Balaban J connectivity index is 1.68. The highest BCUT2D eigenvalue weighted by molar-refractivity contribution is 5.92. The van der Waals surface area contributed by atoms with Crippen molar-refractivity contribution >= 4 is 18.0 Å². The fourth-order valence-electron chi connectivity index (χ4n) is 6.27. The Morgan fingerprint density at radius 3 is 1.67 bits per heavy atom. The number of hydrogen-bond donors (Lipinski definition) is 1. The molecule has 1 aliphatic rings. The van der Waals surface area contributed by atoms with Gasteiger partial charge >= 0.3 is 18.0 Å². The van der Waals surface area contributed by atoms with Crippen LogP contribution in [0.15, 0.2) is 24.3 Å². The summed E-state index contributed by atoms with van der Waals surface area (Å²) in [6, 6.07) is 6.29. The number of esters is 2. The third-order valence-corrected chi connectivity index (χ3v) is 8.95. The predicted molar refractivity (Wildman–Crippen MR) is 216 cm³/mol. The highest BCUT2D eigenvalue weighted by Crippen LogP contribution is 2.40. The lowest BCUT2D eigenvalue weighted by atomic mass is 10.1. The first-order chi connectivity index (χ1) is 27.0. The summed E-state index contributed by atoms with van der Waals surface area (Å²) >= 11 is 0.